The van der Waals surface area contributed by atoms with Crippen LogP contribution >= 0.6 is 11.8 Å². The first kappa shape index (κ1) is 17.3. The van der Waals surface area contributed by atoms with Crippen molar-refractivity contribution >= 4 is 17.5 Å². The number of thioether (sulfide) groups is 1. The topological polar surface area (TPSA) is 66.2 Å². The second kappa shape index (κ2) is 7.31. The summed E-state index contributed by atoms with van der Waals surface area (Å²) in [6.07, 6.45) is 2.29. The molecule has 5 rings (SSSR count). The number of hydrogen-bond acceptors (Lipinski definition) is 6. The molecule has 6 nitrogen and oxygen atoms in total. The summed E-state index contributed by atoms with van der Waals surface area (Å²) >= 11 is 1.37. The molecule has 1 fully saturated rings. The fourth-order valence-corrected chi connectivity index (χ4v) is 3.89. The maximum Gasteiger partial charge on any atom is 0.209 e. The molecule has 1 aliphatic heterocycles. The van der Waals surface area contributed by atoms with Gasteiger partial charge in [-0.2, -0.15) is 0 Å². The molecule has 142 valence electrons. The first-order valence-electron chi connectivity index (χ1n) is 9.36. The van der Waals surface area contributed by atoms with Crippen LogP contribution in [-0.2, 0) is 0 Å². The van der Waals surface area contributed by atoms with Gasteiger partial charge >= 0.3 is 0 Å². The van der Waals surface area contributed by atoms with E-state index in [2.05, 4.69) is 5.10 Å². The van der Waals surface area contributed by atoms with Crippen molar-refractivity contribution in [3.63, 3.8) is 0 Å². The molecule has 0 saturated heterocycles. The molecular formula is C21H19N3O3S. The second-order valence-electron chi connectivity index (χ2n) is 6.84. The van der Waals surface area contributed by atoms with Crippen LogP contribution in [0.3, 0.4) is 0 Å². The van der Waals surface area contributed by atoms with E-state index >= 15 is 0 Å². The number of carbonyl (C=O) groups is 1. The molecule has 0 bridgehead atoms. The highest BCUT2D eigenvalue weighted by atomic mass is 32.2. The Morgan fingerprint density at radius 1 is 1.07 bits per heavy atom. The number of ketones is 1. The number of Topliss-reactive ketones (excluding diaryl/α,β-unsaturated/α-hetero) is 1. The van der Waals surface area contributed by atoms with Gasteiger partial charge in [-0.15, -0.1) is 5.10 Å². The van der Waals surface area contributed by atoms with Crippen molar-refractivity contribution in [2.45, 2.75) is 23.9 Å². The van der Waals surface area contributed by atoms with Gasteiger partial charge in [-0.3, -0.25) is 4.79 Å². The molecule has 0 radical (unpaired) electrons. The average molecular weight is 393 g/mol. The molecule has 2 aromatic carbocycles. The fourth-order valence-electron chi connectivity index (χ4n) is 3.16. The quantitative estimate of drug-likeness (QED) is 0.468. The average Bonchev–Trinajstić information content (AvgIpc) is 3.51. The first-order valence-corrected chi connectivity index (χ1v) is 10.3. The molecule has 0 unspecified atom stereocenters. The van der Waals surface area contributed by atoms with Gasteiger partial charge in [0.15, 0.2) is 17.3 Å². The van der Waals surface area contributed by atoms with Gasteiger partial charge in [-0.05, 0) is 43.2 Å². The van der Waals surface area contributed by atoms with Crippen molar-refractivity contribution < 1.29 is 14.3 Å². The van der Waals surface area contributed by atoms with Gasteiger partial charge < -0.3 is 9.47 Å². The minimum Gasteiger partial charge on any atom is -0.486 e. The van der Waals surface area contributed by atoms with Gasteiger partial charge in [-0.1, -0.05) is 30.0 Å². The smallest absolute Gasteiger partial charge is 0.209 e. The van der Waals surface area contributed by atoms with E-state index in [1.807, 2.05) is 35.0 Å². The lowest BCUT2D eigenvalue weighted by Crippen LogP contribution is -2.16. The zero-order chi connectivity index (χ0) is 18.9. The molecule has 7 heteroatoms. The molecule has 2 aliphatic rings. The van der Waals surface area contributed by atoms with Gasteiger partial charge in [0.05, 0.1) is 11.4 Å². The van der Waals surface area contributed by atoms with Crippen LogP contribution in [0.25, 0.3) is 5.69 Å². The number of hydrogen-bond donors (Lipinski definition) is 0. The summed E-state index contributed by atoms with van der Waals surface area (Å²) < 4.78 is 13.0. The van der Waals surface area contributed by atoms with E-state index in [1.54, 1.807) is 18.2 Å². The Morgan fingerprint density at radius 3 is 2.64 bits per heavy atom. The maximum absolute atomic E-state index is 12.6. The number of ether oxygens (including phenoxy) is 2. The SMILES string of the molecule is O=C(CSc1nc(C2CC2)n(-c2ccccc2)n1)c1ccc2c(c1)OCCO2. The molecule has 28 heavy (non-hydrogen) atoms. The third-order valence-electron chi connectivity index (χ3n) is 4.75. The normalized spacial score (nSPS) is 15.4. The van der Waals surface area contributed by atoms with Crippen LogP contribution in [0.15, 0.2) is 53.7 Å². The summed E-state index contributed by atoms with van der Waals surface area (Å²) in [6, 6.07) is 15.3. The molecule has 1 aromatic heterocycles. The standard InChI is InChI=1S/C21H19N3O3S/c25-17(15-8-9-18-19(12-15)27-11-10-26-18)13-28-21-22-20(14-6-7-14)24(23-21)16-4-2-1-3-5-16/h1-5,8-9,12,14H,6-7,10-11,13H2. The van der Waals surface area contributed by atoms with Crippen molar-refractivity contribution in [3.8, 4) is 17.2 Å². The van der Waals surface area contributed by atoms with E-state index in [4.69, 9.17) is 14.5 Å². The van der Waals surface area contributed by atoms with Gasteiger partial charge in [-0.25, -0.2) is 9.67 Å². The Hall–Kier alpha value is -2.80. The van der Waals surface area contributed by atoms with E-state index in [0.29, 0.717) is 41.4 Å². The molecule has 1 aliphatic carbocycles. The van der Waals surface area contributed by atoms with Crippen molar-refractivity contribution in [2.75, 3.05) is 19.0 Å². The lowest BCUT2D eigenvalue weighted by atomic mass is 10.1. The molecule has 2 heterocycles. The lowest BCUT2D eigenvalue weighted by molar-refractivity contribution is 0.102. The van der Waals surface area contributed by atoms with Gasteiger partial charge in [0.25, 0.3) is 0 Å². The Balaban J connectivity index is 1.32. The summed E-state index contributed by atoms with van der Waals surface area (Å²) in [4.78, 5) is 17.3. The minimum absolute atomic E-state index is 0.0195. The number of carbonyl (C=O) groups excluding carboxylic acids is 1. The highest BCUT2D eigenvalue weighted by molar-refractivity contribution is 7.99. The maximum atomic E-state index is 12.6. The zero-order valence-electron chi connectivity index (χ0n) is 15.2. The van der Waals surface area contributed by atoms with Crippen LogP contribution in [-0.4, -0.2) is 39.5 Å². The second-order valence-corrected chi connectivity index (χ2v) is 7.79. The molecule has 0 N–H and O–H groups in total. The molecule has 0 spiro atoms. The van der Waals surface area contributed by atoms with Crippen molar-refractivity contribution in [3.05, 3.63) is 59.9 Å². The van der Waals surface area contributed by atoms with E-state index in [1.165, 1.54) is 11.8 Å². The third kappa shape index (κ3) is 3.49. The summed E-state index contributed by atoms with van der Waals surface area (Å²) in [6.45, 7) is 1.04. The highest BCUT2D eigenvalue weighted by Crippen LogP contribution is 2.40. The predicted octanol–water partition coefficient (Wildman–Crippen LogP) is 3.89. The Labute approximate surface area is 166 Å². The van der Waals surface area contributed by atoms with Gasteiger partial charge in [0.2, 0.25) is 5.16 Å². The number of rotatable bonds is 6. The van der Waals surface area contributed by atoms with Crippen LogP contribution in [0.4, 0.5) is 0 Å². The lowest BCUT2D eigenvalue weighted by Gasteiger charge is -2.18. The van der Waals surface area contributed by atoms with E-state index < -0.39 is 0 Å². The van der Waals surface area contributed by atoms with Crippen LogP contribution < -0.4 is 9.47 Å². The summed E-state index contributed by atoms with van der Waals surface area (Å²) in [5, 5.41) is 5.28. The van der Waals surface area contributed by atoms with E-state index in [9.17, 15) is 4.79 Å². The molecular weight excluding hydrogens is 374 g/mol. The molecule has 0 amide bonds. The first-order chi connectivity index (χ1) is 13.8. The van der Waals surface area contributed by atoms with Crippen LogP contribution in [0.5, 0.6) is 11.5 Å². The van der Waals surface area contributed by atoms with Crippen LogP contribution in [0.1, 0.15) is 34.9 Å². The zero-order valence-corrected chi connectivity index (χ0v) is 16.0. The summed E-state index contributed by atoms with van der Waals surface area (Å²) in [7, 11) is 0. The van der Waals surface area contributed by atoms with Crippen molar-refractivity contribution in [1.82, 2.24) is 14.8 Å². The fraction of sp³-hybridized carbons (Fsp3) is 0.286. The number of fused-ring (bicyclic) bond motifs is 1. The van der Waals surface area contributed by atoms with Gasteiger partial charge in [0.1, 0.15) is 19.0 Å². The number of aromatic nitrogens is 3. The largest absolute Gasteiger partial charge is 0.486 e. The number of benzene rings is 2. The van der Waals surface area contributed by atoms with Crippen molar-refractivity contribution in [1.29, 1.82) is 0 Å². The number of nitrogens with zero attached hydrogens (tertiary/aromatic N) is 3. The predicted molar refractivity (Wildman–Crippen MR) is 106 cm³/mol. The Bertz CT molecular complexity index is 1010. The van der Waals surface area contributed by atoms with E-state index in [-0.39, 0.29) is 11.5 Å². The summed E-state index contributed by atoms with van der Waals surface area (Å²) in [5.74, 6) is 3.07. The third-order valence-corrected chi connectivity index (χ3v) is 5.59. The van der Waals surface area contributed by atoms with E-state index in [0.717, 1.165) is 24.4 Å². The summed E-state index contributed by atoms with van der Waals surface area (Å²) in [5.41, 5.74) is 1.61. The van der Waals surface area contributed by atoms with Crippen LogP contribution in [0, 0.1) is 0 Å². The molecule has 3 aromatic rings. The minimum atomic E-state index is 0.0195. The highest BCUT2D eigenvalue weighted by Gasteiger charge is 2.30. The molecule has 0 atom stereocenters. The van der Waals surface area contributed by atoms with Crippen molar-refractivity contribution in [2.24, 2.45) is 0 Å². The Kier molecular flexibility index (Phi) is 4.52. The van der Waals surface area contributed by atoms with Gasteiger partial charge in [0, 0.05) is 11.5 Å². The molecule has 1 saturated carbocycles. The monoisotopic (exact) mass is 393 g/mol. The number of para-hydroxylation sites is 1. The Morgan fingerprint density at radius 2 is 1.86 bits per heavy atom. The van der Waals surface area contributed by atoms with Crippen LogP contribution in [0.2, 0.25) is 0 Å².